The number of nitrogens with two attached hydrogens (primary N) is 1. The van der Waals surface area contributed by atoms with Crippen molar-refractivity contribution in [3.8, 4) is 0 Å². The first kappa shape index (κ1) is 11.5. The third-order valence-electron chi connectivity index (χ3n) is 3.09. The van der Waals surface area contributed by atoms with Crippen LogP contribution in [0.3, 0.4) is 0 Å². The molecule has 1 atom stereocenters. The molecular formula is C11H16N4O2. The second-order valence-electron chi connectivity index (χ2n) is 4.20. The quantitative estimate of drug-likeness (QED) is 0.795. The standard InChI is InChI=1S/C11H16N4O2/c1-14(11(16)17)8-5-6-15(7-8)10-4-2-3-9(12)13-10/h2-4,8H,5-7H2,1H3,(H2,12,13)(H,16,17)/t8-/m0/s1. The molecule has 1 aromatic heterocycles. The molecule has 1 aliphatic rings. The van der Waals surface area contributed by atoms with E-state index in [-0.39, 0.29) is 6.04 Å². The zero-order valence-electron chi connectivity index (χ0n) is 9.71. The highest BCUT2D eigenvalue weighted by Gasteiger charge is 2.28. The Morgan fingerprint density at radius 2 is 2.41 bits per heavy atom. The van der Waals surface area contributed by atoms with Gasteiger partial charge in [-0.05, 0) is 18.6 Å². The monoisotopic (exact) mass is 236 g/mol. The van der Waals surface area contributed by atoms with Crippen LogP contribution in [0.15, 0.2) is 18.2 Å². The minimum atomic E-state index is -0.891. The predicted molar refractivity (Wildman–Crippen MR) is 65.1 cm³/mol. The number of carbonyl (C=O) groups is 1. The topological polar surface area (TPSA) is 82.7 Å². The van der Waals surface area contributed by atoms with Gasteiger partial charge in [-0.2, -0.15) is 0 Å². The summed E-state index contributed by atoms with van der Waals surface area (Å²) in [5, 5.41) is 8.92. The number of nitrogens with zero attached hydrogens (tertiary/aromatic N) is 3. The van der Waals surface area contributed by atoms with E-state index in [2.05, 4.69) is 9.88 Å². The van der Waals surface area contributed by atoms with Crippen molar-refractivity contribution >= 4 is 17.7 Å². The number of anilines is 2. The second kappa shape index (κ2) is 4.48. The third-order valence-corrected chi connectivity index (χ3v) is 3.09. The van der Waals surface area contributed by atoms with E-state index in [1.54, 1.807) is 13.1 Å². The Kier molecular flexibility index (Phi) is 3.03. The Labute approximate surface area is 99.7 Å². The van der Waals surface area contributed by atoms with E-state index in [0.29, 0.717) is 12.4 Å². The third kappa shape index (κ3) is 2.41. The molecule has 0 unspecified atom stereocenters. The molecule has 0 spiro atoms. The van der Waals surface area contributed by atoms with Crippen molar-refractivity contribution in [1.82, 2.24) is 9.88 Å². The molecule has 6 nitrogen and oxygen atoms in total. The fourth-order valence-corrected chi connectivity index (χ4v) is 2.04. The molecule has 1 aliphatic heterocycles. The van der Waals surface area contributed by atoms with Gasteiger partial charge in [-0.3, -0.25) is 0 Å². The molecule has 1 amide bonds. The van der Waals surface area contributed by atoms with Gasteiger partial charge in [0, 0.05) is 20.1 Å². The highest BCUT2D eigenvalue weighted by molar-refractivity contribution is 5.65. The molecule has 0 bridgehead atoms. The number of amides is 1. The molecule has 1 fully saturated rings. The van der Waals surface area contributed by atoms with Crippen LogP contribution < -0.4 is 10.6 Å². The second-order valence-corrected chi connectivity index (χ2v) is 4.20. The minimum Gasteiger partial charge on any atom is -0.465 e. The normalized spacial score (nSPS) is 19.4. The van der Waals surface area contributed by atoms with Crippen LogP contribution in [-0.2, 0) is 0 Å². The summed E-state index contributed by atoms with van der Waals surface area (Å²) >= 11 is 0. The minimum absolute atomic E-state index is 0.0238. The van der Waals surface area contributed by atoms with E-state index in [0.717, 1.165) is 18.8 Å². The average molecular weight is 236 g/mol. The number of nitrogen functional groups attached to an aromatic ring is 1. The van der Waals surface area contributed by atoms with Crippen molar-refractivity contribution in [2.24, 2.45) is 0 Å². The van der Waals surface area contributed by atoms with Crippen molar-refractivity contribution < 1.29 is 9.90 Å². The van der Waals surface area contributed by atoms with Crippen LogP contribution in [0.25, 0.3) is 0 Å². The molecule has 2 rings (SSSR count). The zero-order valence-corrected chi connectivity index (χ0v) is 9.71. The summed E-state index contributed by atoms with van der Waals surface area (Å²) in [7, 11) is 1.60. The molecule has 6 heteroatoms. The summed E-state index contributed by atoms with van der Waals surface area (Å²) in [6.07, 6.45) is -0.0726. The highest BCUT2D eigenvalue weighted by atomic mass is 16.4. The van der Waals surface area contributed by atoms with Crippen LogP contribution in [0.4, 0.5) is 16.4 Å². The molecule has 92 valence electrons. The maximum Gasteiger partial charge on any atom is 0.407 e. The number of hydrogen-bond acceptors (Lipinski definition) is 4. The van der Waals surface area contributed by atoms with E-state index in [1.807, 2.05) is 12.1 Å². The van der Waals surface area contributed by atoms with Gasteiger partial charge >= 0.3 is 6.09 Å². The van der Waals surface area contributed by atoms with Crippen molar-refractivity contribution in [3.63, 3.8) is 0 Å². The summed E-state index contributed by atoms with van der Waals surface area (Å²) < 4.78 is 0. The molecular weight excluding hydrogens is 220 g/mol. The molecule has 1 aromatic rings. The van der Waals surface area contributed by atoms with Gasteiger partial charge in [0.15, 0.2) is 0 Å². The fourth-order valence-electron chi connectivity index (χ4n) is 2.04. The van der Waals surface area contributed by atoms with Gasteiger partial charge in [-0.15, -0.1) is 0 Å². The van der Waals surface area contributed by atoms with Crippen LogP contribution in [0.5, 0.6) is 0 Å². The van der Waals surface area contributed by atoms with Crippen LogP contribution >= 0.6 is 0 Å². The van der Waals surface area contributed by atoms with Crippen molar-refractivity contribution in [2.45, 2.75) is 12.5 Å². The summed E-state index contributed by atoms with van der Waals surface area (Å²) in [6, 6.07) is 5.50. The van der Waals surface area contributed by atoms with E-state index < -0.39 is 6.09 Å². The van der Waals surface area contributed by atoms with Gasteiger partial charge in [-0.25, -0.2) is 9.78 Å². The van der Waals surface area contributed by atoms with Crippen LogP contribution in [-0.4, -0.2) is 47.3 Å². The summed E-state index contributed by atoms with van der Waals surface area (Å²) in [5.74, 6) is 1.30. The van der Waals surface area contributed by atoms with E-state index in [4.69, 9.17) is 10.8 Å². The number of carboxylic acid groups (broad SMARTS) is 1. The van der Waals surface area contributed by atoms with E-state index in [1.165, 1.54) is 4.90 Å². The lowest BCUT2D eigenvalue weighted by Gasteiger charge is -2.22. The zero-order chi connectivity index (χ0) is 12.4. The lowest BCUT2D eigenvalue weighted by Crippen LogP contribution is -2.38. The van der Waals surface area contributed by atoms with Gasteiger partial charge < -0.3 is 20.6 Å². The Morgan fingerprint density at radius 1 is 1.65 bits per heavy atom. The van der Waals surface area contributed by atoms with Crippen molar-refractivity contribution in [3.05, 3.63) is 18.2 Å². The number of hydrogen-bond donors (Lipinski definition) is 2. The van der Waals surface area contributed by atoms with Crippen molar-refractivity contribution in [2.75, 3.05) is 30.8 Å². The molecule has 2 heterocycles. The SMILES string of the molecule is CN(C(=O)O)[C@H]1CCN(c2cccc(N)n2)C1. The first-order valence-corrected chi connectivity index (χ1v) is 5.51. The molecule has 0 radical (unpaired) electrons. The fraction of sp³-hybridized carbons (Fsp3) is 0.455. The first-order chi connectivity index (χ1) is 8.08. The molecule has 17 heavy (non-hydrogen) atoms. The molecule has 0 saturated carbocycles. The highest BCUT2D eigenvalue weighted by Crippen LogP contribution is 2.21. The summed E-state index contributed by atoms with van der Waals surface area (Å²) in [4.78, 5) is 18.5. The molecule has 1 saturated heterocycles. The van der Waals surface area contributed by atoms with Gasteiger partial charge in [0.05, 0.1) is 6.04 Å². The Balaban J connectivity index is 2.05. The Hall–Kier alpha value is -1.98. The summed E-state index contributed by atoms with van der Waals surface area (Å²) in [5.41, 5.74) is 5.63. The van der Waals surface area contributed by atoms with Crippen molar-refractivity contribution in [1.29, 1.82) is 0 Å². The molecule has 3 N–H and O–H groups in total. The summed E-state index contributed by atoms with van der Waals surface area (Å²) in [6.45, 7) is 1.47. The van der Waals surface area contributed by atoms with Gasteiger partial charge in [-0.1, -0.05) is 6.07 Å². The number of pyridine rings is 1. The maximum atomic E-state index is 10.9. The Morgan fingerprint density at radius 3 is 3.06 bits per heavy atom. The number of rotatable bonds is 2. The van der Waals surface area contributed by atoms with Crippen LogP contribution in [0, 0.1) is 0 Å². The van der Waals surface area contributed by atoms with Crippen LogP contribution in [0.1, 0.15) is 6.42 Å². The predicted octanol–water partition coefficient (Wildman–Crippen LogP) is 0.852. The number of aromatic nitrogens is 1. The smallest absolute Gasteiger partial charge is 0.407 e. The van der Waals surface area contributed by atoms with E-state index in [9.17, 15) is 4.79 Å². The van der Waals surface area contributed by atoms with E-state index >= 15 is 0 Å². The molecule has 0 aliphatic carbocycles. The average Bonchev–Trinajstić information content (AvgIpc) is 2.77. The largest absolute Gasteiger partial charge is 0.465 e. The maximum absolute atomic E-state index is 10.9. The molecule has 0 aromatic carbocycles. The Bertz CT molecular complexity index is 424. The lowest BCUT2D eigenvalue weighted by molar-refractivity contribution is 0.142. The van der Waals surface area contributed by atoms with Gasteiger partial charge in [0.1, 0.15) is 11.6 Å². The number of likely N-dealkylation sites (N-methyl/N-ethyl adjacent to an activating group) is 1. The first-order valence-electron chi connectivity index (χ1n) is 5.51. The van der Waals surface area contributed by atoms with Gasteiger partial charge in [0.25, 0.3) is 0 Å². The van der Waals surface area contributed by atoms with Gasteiger partial charge in [0.2, 0.25) is 0 Å². The van der Waals surface area contributed by atoms with Crippen LogP contribution in [0.2, 0.25) is 0 Å². The lowest BCUT2D eigenvalue weighted by atomic mass is 10.2.